The summed E-state index contributed by atoms with van der Waals surface area (Å²) in [5.74, 6) is 0.924. The Morgan fingerprint density at radius 2 is 2.19 bits per heavy atom. The molecule has 0 atom stereocenters. The molecule has 1 aromatic rings. The number of rotatable bonds is 9. The van der Waals surface area contributed by atoms with Gasteiger partial charge in [0.05, 0.1) is 19.0 Å². The fourth-order valence-electron chi connectivity index (χ4n) is 1.89. The van der Waals surface area contributed by atoms with Gasteiger partial charge in [-0.05, 0) is 12.3 Å². The van der Waals surface area contributed by atoms with E-state index in [9.17, 15) is 4.79 Å². The maximum absolute atomic E-state index is 12.6. The lowest BCUT2D eigenvalue weighted by Gasteiger charge is -2.24. The number of nitrogens with zero attached hydrogens (tertiary/aromatic N) is 3. The van der Waals surface area contributed by atoms with Crippen LogP contribution >= 0.6 is 0 Å². The van der Waals surface area contributed by atoms with Crippen LogP contribution in [0.15, 0.2) is 12.4 Å². The number of anilines is 1. The fraction of sp³-hybridized carbons (Fsp3) is 0.667. The summed E-state index contributed by atoms with van der Waals surface area (Å²) < 4.78 is 5.07. The second-order valence-electron chi connectivity index (χ2n) is 5.35. The van der Waals surface area contributed by atoms with Crippen molar-refractivity contribution in [1.29, 1.82) is 0 Å². The molecule has 1 N–H and O–H groups in total. The van der Waals surface area contributed by atoms with E-state index in [2.05, 4.69) is 36.1 Å². The molecule has 0 unspecified atom stereocenters. The Morgan fingerprint density at radius 1 is 1.43 bits per heavy atom. The Bertz CT molecular complexity index is 437. The molecule has 6 heteroatoms. The highest BCUT2D eigenvalue weighted by Crippen LogP contribution is 2.08. The molecule has 0 aliphatic carbocycles. The smallest absolute Gasteiger partial charge is 0.274 e. The lowest BCUT2D eigenvalue weighted by molar-refractivity contribution is 0.0666. The van der Waals surface area contributed by atoms with Gasteiger partial charge >= 0.3 is 0 Å². The molecule has 0 saturated heterocycles. The number of carbonyl (C=O) groups excluding carboxylic acids is 1. The summed E-state index contributed by atoms with van der Waals surface area (Å²) in [4.78, 5) is 22.8. The van der Waals surface area contributed by atoms with Crippen molar-refractivity contribution in [3.05, 3.63) is 18.1 Å². The first kappa shape index (κ1) is 17.4. The molecule has 1 aromatic heterocycles. The Labute approximate surface area is 126 Å². The maximum Gasteiger partial charge on any atom is 0.274 e. The van der Waals surface area contributed by atoms with Gasteiger partial charge in [-0.15, -0.1) is 0 Å². The molecule has 0 aliphatic heterocycles. The zero-order valence-electron chi connectivity index (χ0n) is 13.4. The number of hydrogen-bond acceptors (Lipinski definition) is 5. The van der Waals surface area contributed by atoms with E-state index in [0.717, 1.165) is 13.0 Å². The first-order valence-electron chi connectivity index (χ1n) is 7.42. The van der Waals surface area contributed by atoms with Crippen LogP contribution in [0, 0.1) is 5.92 Å². The highest BCUT2D eigenvalue weighted by Gasteiger charge is 2.18. The molecule has 21 heavy (non-hydrogen) atoms. The minimum Gasteiger partial charge on any atom is -0.383 e. The third-order valence-corrected chi connectivity index (χ3v) is 2.85. The van der Waals surface area contributed by atoms with Crippen LogP contribution in [0.3, 0.4) is 0 Å². The third kappa shape index (κ3) is 6.08. The molecule has 0 aliphatic rings. The van der Waals surface area contributed by atoms with Crippen LogP contribution in [-0.2, 0) is 4.74 Å². The van der Waals surface area contributed by atoms with Gasteiger partial charge < -0.3 is 15.0 Å². The number of nitrogens with one attached hydrogen (secondary N) is 1. The predicted octanol–water partition coefficient (Wildman–Crippen LogP) is 2.04. The number of aromatic nitrogens is 2. The van der Waals surface area contributed by atoms with Crippen molar-refractivity contribution in [3.63, 3.8) is 0 Å². The molecular weight excluding hydrogens is 268 g/mol. The second kappa shape index (κ2) is 9.28. The van der Waals surface area contributed by atoms with Crippen LogP contribution in [0.5, 0.6) is 0 Å². The molecule has 0 bridgehead atoms. The van der Waals surface area contributed by atoms with Gasteiger partial charge in [-0.3, -0.25) is 9.78 Å². The van der Waals surface area contributed by atoms with Gasteiger partial charge in [0.1, 0.15) is 11.5 Å². The van der Waals surface area contributed by atoms with Gasteiger partial charge in [0, 0.05) is 26.7 Å². The SMILES string of the molecule is CCCNc1cncc(C(=O)N(CCOC)CC(C)C)n1. The van der Waals surface area contributed by atoms with E-state index in [-0.39, 0.29) is 5.91 Å². The number of hydrogen-bond donors (Lipinski definition) is 1. The van der Waals surface area contributed by atoms with E-state index in [0.29, 0.717) is 37.1 Å². The van der Waals surface area contributed by atoms with Crippen molar-refractivity contribution in [2.24, 2.45) is 5.92 Å². The average Bonchev–Trinajstić information content (AvgIpc) is 2.48. The van der Waals surface area contributed by atoms with Gasteiger partial charge in [-0.1, -0.05) is 20.8 Å². The van der Waals surface area contributed by atoms with Gasteiger partial charge in [0.25, 0.3) is 5.91 Å². The molecule has 1 rings (SSSR count). The van der Waals surface area contributed by atoms with Crippen molar-refractivity contribution in [2.75, 3.05) is 38.7 Å². The molecule has 0 aromatic carbocycles. The molecular formula is C15H26N4O2. The van der Waals surface area contributed by atoms with Crippen LogP contribution in [0.25, 0.3) is 0 Å². The topological polar surface area (TPSA) is 67.4 Å². The van der Waals surface area contributed by atoms with E-state index in [1.54, 1.807) is 18.2 Å². The summed E-state index contributed by atoms with van der Waals surface area (Å²) in [5, 5.41) is 3.14. The Balaban J connectivity index is 2.81. The summed E-state index contributed by atoms with van der Waals surface area (Å²) >= 11 is 0. The number of carbonyl (C=O) groups is 1. The quantitative estimate of drug-likeness (QED) is 0.755. The normalized spacial score (nSPS) is 10.7. The third-order valence-electron chi connectivity index (χ3n) is 2.85. The van der Waals surface area contributed by atoms with Gasteiger partial charge in [0.15, 0.2) is 0 Å². The number of ether oxygens (including phenoxy) is 1. The van der Waals surface area contributed by atoms with Crippen LogP contribution < -0.4 is 5.32 Å². The van der Waals surface area contributed by atoms with E-state index in [4.69, 9.17) is 4.74 Å². The Morgan fingerprint density at radius 3 is 2.81 bits per heavy atom. The fourth-order valence-corrected chi connectivity index (χ4v) is 1.89. The minimum atomic E-state index is -0.103. The number of methoxy groups -OCH3 is 1. The van der Waals surface area contributed by atoms with E-state index < -0.39 is 0 Å². The highest BCUT2D eigenvalue weighted by atomic mass is 16.5. The van der Waals surface area contributed by atoms with Crippen molar-refractivity contribution in [1.82, 2.24) is 14.9 Å². The van der Waals surface area contributed by atoms with Crippen molar-refractivity contribution in [3.8, 4) is 0 Å². The average molecular weight is 294 g/mol. The summed E-state index contributed by atoms with van der Waals surface area (Å²) in [7, 11) is 1.63. The maximum atomic E-state index is 12.6. The summed E-state index contributed by atoms with van der Waals surface area (Å²) in [6.07, 6.45) is 4.14. The van der Waals surface area contributed by atoms with Gasteiger partial charge in [0.2, 0.25) is 0 Å². The molecule has 0 saturated carbocycles. The summed E-state index contributed by atoms with van der Waals surface area (Å²) in [6.45, 7) is 8.80. The van der Waals surface area contributed by atoms with Crippen LogP contribution in [-0.4, -0.2) is 54.1 Å². The minimum absolute atomic E-state index is 0.103. The first-order valence-corrected chi connectivity index (χ1v) is 7.42. The van der Waals surface area contributed by atoms with E-state index >= 15 is 0 Å². The first-order chi connectivity index (χ1) is 10.1. The monoisotopic (exact) mass is 294 g/mol. The lowest BCUT2D eigenvalue weighted by Crippen LogP contribution is -2.37. The molecule has 0 fully saturated rings. The Kier molecular flexibility index (Phi) is 7.68. The van der Waals surface area contributed by atoms with Crippen molar-refractivity contribution < 1.29 is 9.53 Å². The van der Waals surface area contributed by atoms with Crippen LogP contribution in [0.1, 0.15) is 37.7 Å². The molecule has 0 radical (unpaired) electrons. The van der Waals surface area contributed by atoms with Gasteiger partial charge in [-0.2, -0.15) is 0 Å². The van der Waals surface area contributed by atoms with Crippen LogP contribution in [0.2, 0.25) is 0 Å². The number of amides is 1. The van der Waals surface area contributed by atoms with Crippen molar-refractivity contribution >= 4 is 11.7 Å². The molecule has 0 spiro atoms. The molecule has 6 nitrogen and oxygen atoms in total. The summed E-state index contributed by atoms with van der Waals surface area (Å²) in [5.41, 5.74) is 0.368. The van der Waals surface area contributed by atoms with E-state index in [1.165, 1.54) is 6.20 Å². The van der Waals surface area contributed by atoms with Crippen LogP contribution in [0.4, 0.5) is 5.82 Å². The zero-order chi connectivity index (χ0) is 15.7. The molecule has 118 valence electrons. The predicted molar refractivity (Wildman–Crippen MR) is 83.4 cm³/mol. The zero-order valence-corrected chi connectivity index (χ0v) is 13.4. The molecule has 1 heterocycles. The highest BCUT2D eigenvalue weighted by molar-refractivity contribution is 5.92. The van der Waals surface area contributed by atoms with Gasteiger partial charge in [-0.25, -0.2) is 4.98 Å². The largest absolute Gasteiger partial charge is 0.383 e. The lowest BCUT2D eigenvalue weighted by atomic mass is 10.2. The molecule has 1 amide bonds. The second-order valence-corrected chi connectivity index (χ2v) is 5.35. The Hall–Kier alpha value is -1.69. The standard InChI is InChI=1S/C15H26N4O2/c1-5-6-17-14-10-16-9-13(18-14)15(20)19(7-8-21-4)11-12(2)3/h9-10,12H,5-8,11H2,1-4H3,(H,17,18). The van der Waals surface area contributed by atoms with E-state index in [1.807, 2.05) is 0 Å². The summed E-state index contributed by atoms with van der Waals surface area (Å²) in [6, 6.07) is 0. The van der Waals surface area contributed by atoms with Crippen molar-refractivity contribution in [2.45, 2.75) is 27.2 Å².